The lowest BCUT2D eigenvalue weighted by atomic mass is 9.89. The molecule has 2 N–H and O–H groups in total. The fraction of sp³-hybridized carbons (Fsp3) is 0.636. The van der Waals surface area contributed by atoms with Crippen molar-refractivity contribution >= 4 is 17.6 Å². The molecule has 1 heterocycles. The molecular weight excluding hydrogens is 416 g/mol. The number of benzene rings is 1. The van der Waals surface area contributed by atoms with E-state index in [4.69, 9.17) is 5.11 Å². The zero-order chi connectivity index (χ0) is 22.8. The average Bonchev–Trinajstić information content (AvgIpc) is 3.54. The second-order valence-electron chi connectivity index (χ2n) is 8.68. The first-order valence-electron chi connectivity index (χ1n) is 10.7. The number of carbonyl (C=O) groups excluding carboxylic acids is 1. The molecule has 0 bridgehead atoms. The molecule has 9 heteroatoms. The minimum absolute atomic E-state index is 0.121. The summed E-state index contributed by atoms with van der Waals surface area (Å²) in [5.74, 6) is -3.45. The van der Waals surface area contributed by atoms with Crippen LogP contribution in [-0.2, 0) is 16.0 Å². The summed E-state index contributed by atoms with van der Waals surface area (Å²) < 4.78 is 54.9. The van der Waals surface area contributed by atoms with Crippen LogP contribution in [0.15, 0.2) is 18.2 Å². The van der Waals surface area contributed by atoms with E-state index in [0.717, 1.165) is 25.8 Å². The largest absolute Gasteiger partial charge is 0.481 e. The number of anilines is 1. The molecule has 1 saturated heterocycles. The third-order valence-corrected chi connectivity index (χ3v) is 6.43. The summed E-state index contributed by atoms with van der Waals surface area (Å²) in [5.41, 5.74) is 0.241. The monoisotopic (exact) mass is 444 g/mol. The number of rotatable bonds is 8. The molecule has 1 aromatic carbocycles. The van der Waals surface area contributed by atoms with Gasteiger partial charge in [0, 0.05) is 6.42 Å². The molecule has 0 radical (unpaired) electrons. The van der Waals surface area contributed by atoms with Gasteiger partial charge in [-0.3, -0.25) is 14.5 Å². The topological polar surface area (TPSA) is 69.6 Å². The number of carboxylic acids is 1. The maximum absolute atomic E-state index is 14.2. The van der Waals surface area contributed by atoms with Crippen molar-refractivity contribution in [2.24, 2.45) is 17.8 Å². The van der Waals surface area contributed by atoms with Crippen LogP contribution in [-0.4, -0.2) is 47.2 Å². The van der Waals surface area contributed by atoms with Gasteiger partial charge in [0.2, 0.25) is 5.91 Å². The van der Waals surface area contributed by atoms with Crippen LogP contribution in [0, 0.1) is 23.6 Å². The molecule has 2 fully saturated rings. The summed E-state index contributed by atoms with van der Waals surface area (Å²) in [7, 11) is 0. The molecule has 1 aliphatic heterocycles. The number of hydrogen-bond acceptors (Lipinski definition) is 3. The van der Waals surface area contributed by atoms with Gasteiger partial charge in [0.05, 0.1) is 11.6 Å². The van der Waals surface area contributed by atoms with Crippen LogP contribution in [0.25, 0.3) is 0 Å². The van der Waals surface area contributed by atoms with E-state index < -0.39 is 35.8 Å². The molecule has 0 aromatic heterocycles. The Morgan fingerprint density at radius 1 is 1.16 bits per heavy atom. The van der Waals surface area contributed by atoms with Gasteiger partial charge in [-0.1, -0.05) is 13.0 Å². The van der Waals surface area contributed by atoms with Gasteiger partial charge in [-0.15, -0.1) is 0 Å². The van der Waals surface area contributed by atoms with Gasteiger partial charge in [-0.25, -0.2) is 4.39 Å². The highest BCUT2D eigenvalue weighted by Gasteiger charge is 2.48. The summed E-state index contributed by atoms with van der Waals surface area (Å²) in [6, 6.07) is 2.30. The van der Waals surface area contributed by atoms with Crippen LogP contribution in [0.5, 0.6) is 0 Å². The molecule has 1 amide bonds. The molecule has 1 aromatic rings. The number of halogens is 4. The number of aliphatic carboxylic acids is 1. The maximum atomic E-state index is 14.2. The highest BCUT2D eigenvalue weighted by Crippen LogP contribution is 2.43. The molecule has 172 valence electrons. The van der Waals surface area contributed by atoms with Crippen molar-refractivity contribution in [2.75, 3.05) is 18.4 Å². The molecular formula is C22H28F4N2O3. The zero-order valence-electron chi connectivity index (χ0n) is 17.4. The highest BCUT2D eigenvalue weighted by atomic mass is 19.4. The zero-order valence-corrected chi connectivity index (χ0v) is 17.4. The van der Waals surface area contributed by atoms with Crippen LogP contribution < -0.4 is 5.32 Å². The third-order valence-electron chi connectivity index (χ3n) is 6.43. The number of nitrogens with one attached hydrogen (secondary N) is 1. The van der Waals surface area contributed by atoms with E-state index >= 15 is 0 Å². The third kappa shape index (κ3) is 6.18. The van der Waals surface area contributed by atoms with E-state index in [1.54, 1.807) is 4.90 Å². The Hall–Kier alpha value is -2.16. The van der Waals surface area contributed by atoms with Crippen LogP contribution >= 0.6 is 0 Å². The molecule has 1 aliphatic carbocycles. The van der Waals surface area contributed by atoms with Crippen LogP contribution in [0.3, 0.4) is 0 Å². The summed E-state index contributed by atoms with van der Waals surface area (Å²) in [4.78, 5) is 25.3. The number of likely N-dealkylation sites (tertiary alicyclic amines) is 1. The SMILES string of the molecule is CC(C(C(=O)Nc1cc(CCC(=O)O)ccc1F)N1CCC(C2CC2)CC1)C(F)(F)F. The first-order chi connectivity index (χ1) is 14.6. The first kappa shape index (κ1) is 23.5. The number of carbonyl (C=O) groups is 2. The second-order valence-corrected chi connectivity index (χ2v) is 8.68. The molecule has 1 saturated carbocycles. The Kier molecular flexibility index (Phi) is 7.24. The lowest BCUT2D eigenvalue weighted by Gasteiger charge is -2.39. The van der Waals surface area contributed by atoms with E-state index in [1.807, 2.05) is 0 Å². The Balaban J connectivity index is 1.75. The van der Waals surface area contributed by atoms with E-state index in [2.05, 4.69) is 5.32 Å². The fourth-order valence-electron chi connectivity index (χ4n) is 4.41. The summed E-state index contributed by atoms with van der Waals surface area (Å²) in [6.45, 7) is 1.79. The van der Waals surface area contributed by atoms with Gasteiger partial charge in [0.25, 0.3) is 0 Å². The van der Waals surface area contributed by atoms with Crippen LogP contribution in [0.1, 0.15) is 44.6 Å². The van der Waals surface area contributed by atoms with Crippen LogP contribution in [0.4, 0.5) is 23.2 Å². The normalized spacial score (nSPS) is 20.3. The van der Waals surface area contributed by atoms with Gasteiger partial charge < -0.3 is 10.4 Å². The molecule has 3 rings (SSSR count). The first-order valence-corrected chi connectivity index (χ1v) is 10.7. The van der Waals surface area contributed by atoms with Crippen molar-refractivity contribution in [1.82, 2.24) is 4.90 Å². The predicted molar refractivity (Wildman–Crippen MR) is 107 cm³/mol. The number of carboxylic acid groups (broad SMARTS) is 1. The quantitative estimate of drug-likeness (QED) is 0.581. The van der Waals surface area contributed by atoms with Gasteiger partial charge in [0.1, 0.15) is 11.9 Å². The van der Waals surface area contributed by atoms with Crippen molar-refractivity contribution in [1.29, 1.82) is 0 Å². The highest BCUT2D eigenvalue weighted by molar-refractivity contribution is 5.95. The van der Waals surface area contributed by atoms with Gasteiger partial charge in [-0.2, -0.15) is 13.2 Å². The van der Waals surface area contributed by atoms with E-state index in [1.165, 1.54) is 25.0 Å². The molecule has 5 nitrogen and oxygen atoms in total. The summed E-state index contributed by atoms with van der Waals surface area (Å²) in [6.07, 6.45) is -0.762. The predicted octanol–water partition coefficient (Wildman–Crippen LogP) is 4.47. The average molecular weight is 444 g/mol. The van der Waals surface area contributed by atoms with Crippen molar-refractivity contribution in [2.45, 2.75) is 57.7 Å². The summed E-state index contributed by atoms with van der Waals surface area (Å²) in [5, 5.41) is 11.1. The standard InChI is InChI=1S/C22H28F4N2O3/c1-13(22(24,25)26)20(28-10-8-16(9-11-28)15-4-5-15)21(31)27-18-12-14(2-6-17(18)23)3-7-19(29)30/h2,6,12-13,15-16,20H,3-5,7-11H2,1H3,(H,27,31)(H,29,30). The minimum Gasteiger partial charge on any atom is -0.481 e. The Morgan fingerprint density at radius 2 is 1.77 bits per heavy atom. The Labute approximate surface area is 178 Å². The van der Waals surface area contributed by atoms with Crippen molar-refractivity contribution < 1.29 is 32.3 Å². The number of alkyl halides is 3. The number of aryl methyl sites for hydroxylation is 1. The molecule has 2 unspecified atom stereocenters. The van der Waals surface area contributed by atoms with Crippen molar-refractivity contribution in [3.63, 3.8) is 0 Å². The van der Waals surface area contributed by atoms with Crippen LogP contribution in [0.2, 0.25) is 0 Å². The van der Waals surface area contributed by atoms with Crippen molar-refractivity contribution in [3.05, 3.63) is 29.6 Å². The maximum Gasteiger partial charge on any atom is 0.393 e. The number of piperidine rings is 1. The lowest BCUT2D eigenvalue weighted by molar-refractivity contribution is -0.189. The molecule has 2 aliphatic rings. The minimum atomic E-state index is -4.57. The lowest BCUT2D eigenvalue weighted by Crippen LogP contribution is -2.54. The van der Waals surface area contributed by atoms with E-state index in [0.29, 0.717) is 30.5 Å². The van der Waals surface area contributed by atoms with Crippen molar-refractivity contribution in [3.8, 4) is 0 Å². The summed E-state index contributed by atoms with van der Waals surface area (Å²) >= 11 is 0. The smallest absolute Gasteiger partial charge is 0.393 e. The van der Waals surface area contributed by atoms with Gasteiger partial charge >= 0.3 is 12.1 Å². The number of amides is 1. The second kappa shape index (κ2) is 9.54. The molecule has 2 atom stereocenters. The van der Waals surface area contributed by atoms with Gasteiger partial charge in [-0.05, 0) is 74.7 Å². The molecule has 31 heavy (non-hydrogen) atoms. The van der Waals surface area contributed by atoms with Gasteiger partial charge in [0.15, 0.2) is 0 Å². The van der Waals surface area contributed by atoms with E-state index in [-0.39, 0.29) is 18.5 Å². The Morgan fingerprint density at radius 3 is 2.32 bits per heavy atom. The molecule has 0 spiro atoms. The Bertz CT molecular complexity index is 802. The van der Waals surface area contributed by atoms with E-state index in [9.17, 15) is 27.2 Å². The number of hydrogen-bond donors (Lipinski definition) is 2. The fourth-order valence-corrected chi connectivity index (χ4v) is 4.41. The number of nitrogens with zero attached hydrogens (tertiary/aromatic N) is 1.